The third-order valence-electron chi connectivity index (χ3n) is 1.83. The van der Waals surface area contributed by atoms with Gasteiger partial charge in [-0.1, -0.05) is 18.2 Å². The fraction of sp³-hybridized carbons (Fsp3) is 0.222. The van der Waals surface area contributed by atoms with Gasteiger partial charge in [-0.05, 0) is 19.1 Å². The molecule has 0 aliphatic carbocycles. The lowest BCUT2D eigenvalue weighted by Crippen LogP contribution is -2.44. The van der Waals surface area contributed by atoms with E-state index in [1.54, 1.807) is 12.1 Å². The number of hydrogen-bond acceptors (Lipinski definition) is 3. The van der Waals surface area contributed by atoms with E-state index in [1.807, 2.05) is 18.2 Å². The molecule has 0 saturated heterocycles. The lowest BCUT2D eigenvalue weighted by molar-refractivity contribution is -0.138. The van der Waals surface area contributed by atoms with E-state index in [0.29, 0.717) is 5.69 Å². The van der Waals surface area contributed by atoms with Gasteiger partial charge in [-0.3, -0.25) is 5.01 Å². The third-order valence-corrected chi connectivity index (χ3v) is 1.83. The van der Waals surface area contributed by atoms with Gasteiger partial charge in [-0.2, -0.15) is 0 Å². The molecule has 0 heterocycles. The van der Waals surface area contributed by atoms with Crippen molar-refractivity contribution in [3.63, 3.8) is 0 Å². The number of benzene rings is 1. The Hall–Kier alpha value is -1.55. The van der Waals surface area contributed by atoms with Gasteiger partial charge >= 0.3 is 5.97 Å². The van der Waals surface area contributed by atoms with Gasteiger partial charge in [0, 0.05) is 0 Å². The number of para-hydroxylation sites is 1. The van der Waals surface area contributed by atoms with Crippen molar-refractivity contribution in [1.29, 1.82) is 0 Å². The van der Waals surface area contributed by atoms with E-state index >= 15 is 0 Å². The Labute approximate surface area is 76.6 Å². The highest BCUT2D eigenvalue weighted by atomic mass is 16.4. The monoisotopic (exact) mass is 180 g/mol. The number of carboxylic acid groups (broad SMARTS) is 1. The van der Waals surface area contributed by atoms with Crippen LogP contribution in [0.5, 0.6) is 0 Å². The van der Waals surface area contributed by atoms with Gasteiger partial charge in [0.05, 0.1) is 5.69 Å². The number of hydrazine groups is 1. The Balaban J connectivity index is 2.79. The van der Waals surface area contributed by atoms with E-state index < -0.39 is 12.0 Å². The van der Waals surface area contributed by atoms with Crippen molar-refractivity contribution in [2.75, 3.05) is 5.01 Å². The van der Waals surface area contributed by atoms with Crippen LogP contribution in [0.25, 0.3) is 0 Å². The summed E-state index contributed by atoms with van der Waals surface area (Å²) in [7, 11) is 0. The van der Waals surface area contributed by atoms with Crippen LogP contribution in [0.2, 0.25) is 0 Å². The quantitative estimate of drug-likeness (QED) is 0.534. The number of anilines is 1. The maximum atomic E-state index is 10.6. The van der Waals surface area contributed by atoms with Crippen molar-refractivity contribution in [3.05, 3.63) is 30.3 Å². The van der Waals surface area contributed by atoms with Crippen LogP contribution in [0.1, 0.15) is 6.92 Å². The first-order valence-electron chi connectivity index (χ1n) is 3.94. The molecule has 70 valence electrons. The zero-order valence-corrected chi connectivity index (χ0v) is 7.34. The summed E-state index contributed by atoms with van der Waals surface area (Å²) in [5, 5.41) is 9.92. The molecule has 0 fully saturated rings. The maximum absolute atomic E-state index is 10.6. The van der Waals surface area contributed by atoms with Crippen molar-refractivity contribution in [2.45, 2.75) is 13.0 Å². The molecule has 0 aliphatic rings. The molecule has 0 aliphatic heterocycles. The molecular formula is C9H12N2O2. The van der Waals surface area contributed by atoms with Gasteiger partial charge < -0.3 is 5.11 Å². The molecule has 1 atom stereocenters. The Bertz CT molecular complexity index is 287. The summed E-state index contributed by atoms with van der Waals surface area (Å²) in [6, 6.07) is 8.28. The van der Waals surface area contributed by atoms with Gasteiger partial charge in [0.15, 0.2) is 0 Å². The van der Waals surface area contributed by atoms with Gasteiger partial charge in [0.1, 0.15) is 6.04 Å². The SMILES string of the molecule is C[C@@H](C(=O)O)N(N)c1ccccc1. The number of aliphatic carboxylic acids is 1. The second-order valence-electron chi connectivity index (χ2n) is 2.76. The molecule has 0 amide bonds. The Kier molecular flexibility index (Phi) is 2.87. The highest BCUT2D eigenvalue weighted by Gasteiger charge is 2.17. The predicted molar refractivity (Wildman–Crippen MR) is 50.2 cm³/mol. The topological polar surface area (TPSA) is 66.6 Å². The number of carbonyl (C=O) groups is 1. The van der Waals surface area contributed by atoms with Crippen LogP contribution in [0.15, 0.2) is 30.3 Å². The predicted octanol–water partition coefficient (Wildman–Crippen LogP) is 0.840. The summed E-state index contributed by atoms with van der Waals surface area (Å²) in [4.78, 5) is 10.6. The summed E-state index contributed by atoms with van der Waals surface area (Å²) in [5.41, 5.74) is 0.692. The number of hydrogen-bond donors (Lipinski definition) is 2. The second kappa shape index (κ2) is 3.91. The highest BCUT2D eigenvalue weighted by molar-refractivity contribution is 5.77. The van der Waals surface area contributed by atoms with Crippen LogP contribution in [-0.4, -0.2) is 17.1 Å². The van der Waals surface area contributed by atoms with Crippen LogP contribution < -0.4 is 10.9 Å². The van der Waals surface area contributed by atoms with Crippen LogP contribution in [0, 0.1) is 0 Å². The Morgan fingerprint density at radius 3 is 2.46 bits per heavy atom. The fourth-order valence-corrected chi connectivity index (χ4v) is 0.943. The average Bonchev–Trinajstić information content (AvgIpc) is 2.17. The molecular weight excluding hydrogens is 168 g/mol. The molecule has 0 spiro atoms. The van der Waals surface area contributed by atoms with Gasteiger partial charge in [-0.15, -0.1) is 0 Å². The molecule has 4 heteroatoms. The number of carboxylic acids is 1. The Morgan fingerprint density at radius 1 is 1.46 bits per heavy atom. The smallest absolute Gasteiger partial charge is 0.327 e. The Morgan fingerprint density at radius 2 is 2.00 bits per heavy atom. The van der Waals surface area contributed by atoms with Crippen molar-refractivity contribution < 1.29 is 9.90 Å². The number of nitrogens with zero attached hydrogens (tertiary/aromatic N) is 1. The van der Waals surface area contributed by atoms with Crippen molar-refractivity contribution >= 4 is 11.7 Å². The van der Waals surface area contributed by atoms with Crippen LogP contribution in [-0.2, 0) is 4.79 Å². The van der Waals surface area contributed by atoms with Crippen LogP contribution >= 0.6 is 0 Å². The molecule has 1 rings (SSSR count). The van der Waals surface area contributed by atoms with Crippen molar-refractivity contribution in [2.24, 2.45) is 5.84 Å². The van der Waals surface area contributed by atoms with Crippen LogP contribution in [0.3, 0.4) is 0 Å². The molecule has 4 nitrogen and oxygen atoms in total. The summed E-state index contributed by atoms with van der Waals surface area (Å²) in [6.07, 6.45) is 0. The second-order valence-corrected chi connectivity index (χ2v) is 2.76. The summed E-state index contributed by atoms with van der Waals surface area (Å²) in [5.74, 6) is 4.65. The zero-order chi connectivity index (χ0) is 9.84. The molecule has 0 saturated carbocycles. The van der Waals surface area contributed by atoms with E-state index in [-0.39, 0.29) is 0 Å². The van der Waals surface area contributed by atoms with Crippen molar-refractivity contribution in [3.8, 4) is 0 Å². The lowest BCUT2D eigenvalue weighted by atomic mass is 10.2. The van der Waals surface area contributed by atoms with E-state index in [0.717, 1.165) is 0 Å². The standard InChI is InChI=1S/C9H12N2O2/c1-7(9(12)13)11(10)8-5-3-2-4-6-8/h2-7H,10H2,1H3,(H,12,13)/t7-/m0/s1. The number of rotatable bonds is 3. The van der Waals surface area contributed by atoms with Crippen molar-refractivity contribution in [1.82, 2.24) is 0 Å². The first-order valence-corrected chi connectivity index (χ1v) is 3.94. The normalized spacial score (nSPS) is 12.2. The summed E-state index contributed by atoms with van der Waals surface area (Å²) < 4.78 is 0. The van der Waals surface area contributed by atoms with Gasteiger partial charge in [0.25, 0.3) is 0 Å². The molecule has 13 heavy (non-hydrogen) atoms. The molecule has 1 aromatic rings. The molecule has 3 N–H and O–H groups in total. The van der Waals surface area contributed by atoms with E-state index in [2.05, 4.69) is 0 Å². The third kappa shape index (κ3) is 2.19. The van der Waals surface area contributed by atoms with E-state index in [1.165, 1.54) is 11.9 Å². The molecule has 0 radical (unpaired) electrons. The summed E-state index contributed by atoms with van der Waals surface area (Å²) >= 11 is 0. The molecule has 0 bridgehead atoms. The summed E-state index contributed by atoms with van der Waals surface area (Å²) in [6.45, 7) is 1.54. The van der Waals surface area contributed by atoms with E-state index in [4.69, 9.17) is 10.9 Å². The minimum absolute atomic E-state index is 0.692. The lowest BCUT2D eigenvalue weighted by Gasteiger charge is -2.22. The molecule has 1 aromatic carbocycles. The van der Waals surface area contributed by atoms with Gasteiger partial charge in [-0.25, -0.2) is 10.6 Å². The molecule has 0 aromatic heterocycles. The zero-order valence-electron chi connectivity index (χ0n) is 7.34. The first-order chi connectivity index (χ1) is 6.13. The maximum Gasteiger partial charge on any atom is 0.327 e. The minimum Gasteiger partial charge on any atom is -0.480 e. The molecule has 0 unspecified atom stereocenters. The van der Waals surface area contributed by atoms with E-state index in [9.17, 15) is 4.79 Å². The van der Waals surface area contributed by atoms with Crippen LogP contribution in [0.4, 0.5) is 5.69 Å². The highest BCUT2D eigenvalue weighted by Crippen LogP contribution is 2.11. The van der Waals surface area contributed by atoms with Gasteiger partial charge in [0.2, 0.25) is 0 Å². The first kappa shape index (κ1) is 9.54. The largest absolute Gasteiger partial charge is 0.480 e. The number of nitrogens with two attached hydrogens (primary N) is 1. The minimum atomic E-state index is -0.939. The average molecular weight is 180 g/mol. The fourth-order valence-electron chi connectivity index (χ4n) is 0.943.